The minimum Gasteiger partial charge on any atom is -0.507 e. The number of phenolic OH excluding ortho intramolecular Hbond substituents is 1. The van der Waals surface area contributed by atoms with Crippen LogP contribution in [0, 0.1) is 6.92 Å². The lowest BCUT2D eigenvalue weighted by Crippen LogP contribution is -2.31. The van der Waals surface area contributed by atoms with E-state index >= 15 is 0 Å². The smallest absolute Gasteiger partial charge is 0.343 e. The van der Waals surface area contributed by atoms with Gasteiger partial charge in [0.25, 0.3) is 5.91 Å². The van der Waals surface area contributed by atoms with Crippen LogP contribution in [0.2, 0.25) is 0 Å². The van der Waals surface area contributed by atoms with Crippen molar-refractivity contribution in [1.82, 2.24) is 4.90 Å². The first-order valence-electron chi connectivity index (χ1n) is 7.17. The minimum atomic E-state index is -1.06. The third kappa shape index (κ3) is 3.88. The van der Waals surface area contributed by atoms with Crippen molar-refractivity contribution in [2.24, 2.45) is 0 Å². The van der Waals surface area contributed by atoms with E-state index in [1.807, 2.05) is 6.07 Å². The second kappa shape index (κ2) is 6.96. The standard InChI is InChI=1S/C18H19NO4/c1-12-9-10-15(20)14(11-12)18(22)23-16(17(21)19(2)3)13-7-5-4-6-8-13/h4-11,16,20H,1-3H3/t16-/m1/s1. The first kappa shape index (κ1) is 16.5. The van der Waals surface area contributed by atoms with Crippen LogP contribution in [0.5, 0.6) is 5.75 Å². The van der Waals surface area contributed by atoms with Gasteiger partial charge in [0.15, 0.2) is 0 Å². The first-order valence-corrected chi connectivity index (χ1v) is 7.17. The molecule has 5 heteroatoms. The SMILES string of the molecule is Cc1ccc(O)c(C(=O)O[C@@H](C(=O)N(C)C)c2ccccc2)c1. The van der Waals surface area contributed by atoms with Crippen LogP contribution in [-0.4, -0.2) is 36.0 Å². The normalized spacial score (nSPS) is 11.6. The zero-order valence-electron chi connectivity index (χ0n) is 13.3. The van der Waals surface area contributed by atoms with Crippen molar-refractivity contribution >= 4 is 11.9 Å². The molecular formula is C18H19NO4. The van der Waals surface area contributed by atoms with Gasteiger partial charge in [0.05, 0.1) is 0 Å². The van der Waals surface area contributed by atoms with Crippen molar-refractivity contribution in [1.29, 1.82) is 0 Å². The average Bonchev–Trinajstić information content (AvgIpc) is 2.54. The molecule has 23 heavy (non-hydrogen) atoms. The Hall–Kier alpha value is -2.82. The molecule has 120 valence electrons. The van der Waals surface area contributed by atoms with Gasteiger partial charge in [0.1, 0.15) is 11.3 Å². The summed E-state index contributed by atoms with van der Waals surface area (Å²) in [6.45, 7) is 1.80. The Balaban J connectivity index is 2.32. The first-order chi connectivity index (χ1) is 10.9. The van der Waals surface area contributed by atoms with E-state index in [0.717, 1.165) is 5.56 Å². The van der Waals surface area contributed by atoms with E-state index in [9.17, 15) is 14.7 Å². The molecule has 0 fully saturated rings. The summed E-state index contributed by atoms with van der Waals surface area (Å²) in [5.74, 6) is -1.27. The Morgan fingerprint density at radius 2 is 1.74 bits per heavy atom. The number of aromatic hydroxyl groups is 1. The molecule has 1 amide bonds. The predicted octanol–water partition coefficient (Wildman–Crippen LogP) is 2.69. The molecule has 2 aromatic carbocycles. The minimum absolute atomic E-state index is 0.0393. The molecular weight excluding hydrogens is 294 g/mol. The number of likely N-dealkylation sites (N-methyl/N-ethyl adjacent to an activating group) is 1. The van der Waals surface area contributed by atoms with Gasteiger partial charge < -0.3 is 14.7 Å². The van der Waals surface area contributed by atoms with Gasteiger partial charge in [-0.05, 0) is 19.1 Å². The van der Waals surface area contributed by atoms with Gasteiger partial charge in [-0.2, -0.15) is 0 Å². The summed E-state index contributed by atoms with van der Waals surface area (Å²) in [6.07, 6.45) is -1.06. The Labute approximate surface area is 135 Å². The lowest BCUT2D eigenvalue weighted by atomic mass is 10.1. The fraction of sp³-hybridized carbons (Fsp3) is 0.222. The molecule has 5 nitrogen and oxygen atoms in total. The zero-order chi connectivity index (χ0) is 17.0. The van der Waals surface area contributed by atoms with Crippen LogP contribution < -0.4 is 0 Å². The fourth-order valence-corrected chi connectivity index (χ4v) is 2.11. The maximum Gasteiger partial charge on any atom is 0.343 e. The van der Waals surface area contributed by atoms with E-state index in [4.69, 9.17) is 4.74 Å². The molecule has 1 N–H and O–H groups in total. The van der Waals surface area contributed by atoms with Crippen LogP contribution in [-0.2, 0) is 9.53 Å². The maximum atomic E-state index is 12.4. The van der Waals surface area contributed by atoms with E-state index < -0.39 is 12.1 Å². The molecule has 0 saturated heterocycles. The van der Waals surface area contributed by atoms with Gasteiger partial charge in [0, 0.05) is 19.7 Å². The Morgan fingerprint density at radius 1 is 1.09 bits per heavy atom. The highest BCUT2D eigenvalue weighted by molar-refractivity contribution is 5.95. The van der Waals surface area contributed by atoms with Crippen molar-refractivity contribution < 1.29 is 19.4 Å². The molecule has 0 heterocycles. The molecule has 0 radical (unpaired) electrons. The summed E-state index contributed by atoms with van der Waals surface area (Å²) in [6, 6.07) is 13.4. The summed E-state index contributed by atoms with van der Waals surface area (Å²) in [5, 5.41) is 9.84. The fourth-order valence-electron chi connectivity index (χ4n) is 2.11. The van der Waals surface area contributed by atoms with Crippen molar-refractivity contribution in [2.45, 2.75) is 13.0 Å². The number of carbonyl (C=O) groups is 2. The molecule has 0 aliphatic carbocycles. The number of hydrogen-bond donors (Lipinski definition) is 1. The van der Waals surface area contributed by atoms with Gasteiger partial charge in [0.2, 0.25) is 6.10 Å². The second-order valence-corrected chi connectivity index (χ2v) is 5.45. The molecule has 0 saturated carbocycles. The third-order valence-corrected chi connectivity index (χ3v) is 3.36. The zero-order valence-corrected chi connectivity index (χ0v) is 13.3. The number of aryl methyl sites for hydroxylation is 1. The van der Waals surface area contributed by atoms with Crippen molar-refractivity contribution in [2.75, 3.05) is 14.1 Å². The lowest BCUT2D eigenvalue weighted by Gasteiger charge is -2.21. The highest BCUT2D eigenvalue weighted by Crippen LogP contribution is 2.25. The van der Waals surface area contributed by atoms with Crippen LogP contribution in [0.1, 0.15) is 27.6 Å². The number of esters is 1. The lowest BCUT2D eigenvalue weighted by molar-refractivity contribution is -0.138. The van der Waals surface area contributed by atoms with Crippen molar-refractivity contribution in [3.63, 3.8) is 0 Å². The van der Waals surface area contributed by atoms with E-state index in [-0.39, 0.29) is 17.2 Å². The number of hydrogen-bond acceptors (Lipinski definition) is 4. The van der Waals surface area contributed by atoms with Gasteiger partial charge in [-0.15, -0.1) is 0 Å². The van der Waals surface area contributed by atoms with Crippen molar-refractivity contribution in [3.8, 4) is 5.75 Å². The largest absolute Gasteiger partial charge is 0.507 e. The molecule has 0 spiro atoms. The van der Waals surface area contributed by atoms with Gasteiger partial charge in [-0.3, -0.25) is 4.79 Å². The maximum absolute atomic E-state index is 12.4. The highest BCUT2D eigenvalue weighted by atomic mass is 16.5. The van der Waals surface area contributed by atoms with Crippen LogP contribution >= 0.6 is 0 Å². The summed E-state index contributed by atoms with van der Waals surface area (Å²) >= 11 is 0. The van der Waals surface area contributed by atoms with E-state index in [1.54, 1.807) is 51.4 Å². The highest BCUT2D eigenvalue weighted by Gasteiger charge is 2.27. The topological polar surface area (TPSA) is 66.8 Å². The predicted molar refractivity (Wildman–Crippen MR) is 86.1 cm³/mol. The van der Waals surface area contributed by atoms with Crippen LogP contribution in [0.4, 0.5) is 0 Å². The summed E-state index contributed by atoms with van der Waals surface area (Å²) < 4.78 is 5.39. The number of carbonyl (C=O) groups excluding carboxylic acids is 2. The molecule has 0 aliphatic rings. The van der Waals surface area contributed by atoms with Crippen LogP contribution in [0.3, 0.4) is 0 Å². The Bertz CT molecular complexity index is 710. The number of nitrogens with zero attached hydrogens (tertiary/aromatic N) is 1. The molecule has 2 aromatic rings. The van der Waals surface area contributed by atoms with Gasteiger partial charge in [-0.25, -0.2) is 4.79 Å². The summed E-state index contributed by atoms with van der Waals surface area (Å²) in [5.41, 5.74) is 1.43. The molecule has 0 bridgehead atoms. The van der Waals surface area contributed by atoms with Crippen molar-refractivity contribution in [3.05, 3.63) is 65.2 Å². The van der Waals surface area contributed by atoms with Crippen LogP contribution in [0.15, 0.2) is 48.5 Å². The van der Waals surface area contributed by atoms with E-state index in [2.05, 4.69) is 0 Å². The van der Waals surface area contributed by atoms with Gasteiger partial charge in [-0.1, -0.05) is 42.0 Å². The monoisotopic (exact) mass is 313 g/mol. The quantitative estimate of drug-likeness (QED) is 0.881. The number of ether oxygens (including phenoxy) is 1. The summed E-state index contributed by atoms with van der Waals surface area (Å²) in [4.78, 5) is 26.1. The number of phenols is 1. The molecule has 1 atom stereocenters. The Kier molecular flexibility index (Phi) is 5.01. The average molecular weight is 313 g/mol. The second-order valence-electron chi connectivity index (χ2n) is 5.45. The third-order valence-electron chi connectivity index (χ3n) is 3.36. The van der Waals surface area contributed by atoms with E-state index in [0.29, 0.717) is 5.56 Å². The molecule has 0 aromatic heterocycles. The van der Waals surface area contributed by atoms with Crippen LogP contribution in [0.25, 0.3) is 0 Å². The van der Waals surface area contributed by atoms with E-state index in [1.165, 1.54) is 17.0 Å². The number of benzene rings is 2. The van der Waals surface area contributed by atoms with Gasteiger partial charge >= 0.3 is 5.97 Å². The molecule has 2 rings (SSSR count). The number of rotatable bonds is 4. The molecule has 0 aliphatic heterocycles. The number of amides is 1. The molecule has 0 unspecified atom stereocenters. The Morgan fingerprint density at radius 3 is 2.35 bits per heavy atom. The summed E-state index contributed by atoms with van der Waals surface area (Å²) in [7, 11) is 3.19.